The third-order valence-corrected chi connectivity index (χ3v) is 1.90. The summed E-state index contributed by atoms with van der Waals surface area (Å²) in [5, 5.41) is 3.40. The molecular weight excluding hydrogens is 160 g/mol. The van der Waals surface area contributed by atoms with Crippen LogP contribution in [0, 0.1) is 18.3 Å². The Kier molecular flexibility index (Phi) is 7.77. The van der Waals surface area contributed by atoms with E-state index in [1.165, 1.54) is 6.42 Å². The van der Waals surface area contributed by atoms with Crippen LogP contribution in [0.5, 0.6) is 0 Å². The van der Waals surface area contributed by atoms with Crippen molar-refractivity contribution in [2.75, 3.05) is 33.2 Å². The summed E-state index contributed by atoms with van der Waals surface area (Å²) >= 11 is 0. The van der Waals surface area contributed by atoms with E-state index in [9.17, 15) is 0 Å². The Balaban J connectivity index is 3.39. The highest BCUT2D eigenvalue weighted by Crippen LogP contribution is 1.95. The number of terminal acetylenes is 1. The largest absolute Gasteiger partial charge is 0.316 e. The van der Waals surface area contributed by atoms with Gasteiger partial charge in [0.05, 0.1) is 6.54 Å². The third kappa shape index (κ3) is 7.83. The molecule has 76 valence electrons. The maximum absolute atomic E-state index is 5.22. The van der Waals surface area contributed by atoms with Crippen LogP contribution in [0.3, 0.4) is 0 Å². The summed E-state index contributed by atoms with van der Waals surface area (Å²) in [4.78, 5) is 2.18. The molecular formula is C11H22N2. The summed E-state index contributed by atoms with van der Waals surface area (Å²) in [5.41, 5.74) is 0. The SMILES string of the molecule is C#CCN(C)CC(C)CNCCC. The highest BCUT2D eigenvalue weighted by molar-refractivity contribution is 4.87. The Labute approximate surface area is 82.7 Å². The zero-order valence-corrected chi connectivity index (χ0v) is 9.14. The molecule has 0 aliphatic rings. The zero-order valence-electron chi connectivity index (χ0n) is 9.14. The van der Waals surface area contributed by atoms with Crippen molar-refractivity contribution in [3.63, 3.8) is 0 Å². The zero-order chi connectivity index (χ0) is 10.1. The standard InChI is InChI=1S/C11H22N2/c1-5-7-12-9-11(3)10-13(4)8-6-2/h2,11-12H,5,7-10H2,1,3-4H3. The lowest BCUT2D eigenvalue weighted by Crippen LogP contribution is -2.31. The highest BCUT2D eigenvalue weighted by atomic mass is 15.1. The average Bonchev–Trinajstić information content (AvgIpc) is 2.05. The summed E-state index contributed by atoms with van der Waals surface area (Å²) in [7, 11) is 2.07. The van der Waals surface area contributed by atoms with Crippen molar-refractivity contribution >= 4 is 0 Å². The molecule has 0 rings (SSSR count). The van der Waals surface area contributed by atoms with Gasteiger partial charge in [0.15, 0.2) is 0 Å². The molecule has 0 aliphatic heterocycles. The maximum atomic E-state index is 5.22. The Hall–Kier alpha value is -0.520. The second-order valence-electron chi connectivity index (χ2n) is 3.71. The smallest absolute Gasteiger partial charge is 0.0596 e. The molecule has 0 amide bonds. The molecule has 1 N–H and O–H groups in total. The van der Waals surface area contributed by atoms with Gasteiger partial charge in [0.1, 0.15) is 0 Å². The topological polar surface area (TPSA) is 15.3 Å². The lowest BCUT2D eigenvalue weighted by atomic mass is 10.1. The highest BCUT2D eigenvalue weighted by Gasteiger charge is 2.04. The van der Waals surface area contributed by atoms with E-state index >= 15 is 0 Å². The number of hydrogen-bond donors (Lipinski definition) is 1. The van der Waals surface area contributed by atoms with Gasteiger partial charge in [-0.3, -0.25) is 4.90 Å². The van der Waals surface area contributed by atoms with Crippen LogP contribution < -0.4 is 5.32 Å². The maximum Gasteiger partial charge on any atom is 0.0596 e. The minimum atomic E-state index is 0.671. The summed E-state index contributed by atoms with van der Waals surface area (Å²) in [5.74, 6) is 3.32. The van der Waals surface area contributed by atoms with Crippen molar-refractivity contribution in [3.05, 3.63) is 0 Å². The van der Waals surface area contributed by atoms with Gasteiger partial charge in [0.2, 0.25) is 0 Å². The molecule has 1 unspecified atom stereocenters. The van der Waals surface area contributed by atoms with E-state index in [1.807, 2.05) is 0 Å². The first kappa shape index (κ1) is 12.5. The van der Waals surface area contributed by atoms with E-state index in [1.54, 1.807) is 0 Å². The van der Waals surface area contributed by atoms with Crippen LogP contribution in [0.4, 0.5) is 0 Å². The summed E-state index contributed by atoms with van der Waals surface area (Å²) in [6.07, 6.45) is 6.42. The van der Waals surface area contributed by atoms with Crippen LogP contribution in [-0.2, 0) is 0 Å². The van der Waals surface area contributed by atoms with Crippen molar-refractivity contribution in [1.82, 2.24) is 10.2 Å². The molecule has 0 aromatic carbocycles. The minimum absolute atomic E-state index is 0.671. The van der Waals surface area contributed by atoms with Crippen LogP contribution in [0.15, 0.2) is 0 Å². The van der Waals surface area contributed by atoms with Crippen molar-refractivity contribution in [1.29, 1.82) is 0 Å². The second-order valence-corrected chi connectivity index (χ2v) is 3.71. The van der Waals surface area contributed by atoms with E-state index < -0.39 is 0 Å². The van der Waals surface area contributed by atoms with Gasteiger partial charge in [-0.2, -0.15) is 0 Å². The van der Waals surface area contributed by atoms with Crippen molar-refractivity contribution in [2.24, 2.45) is 5.92 Å². The number of nitrogens with zero attached hydrogens (tertiary/aromatic N) is 1. The fraction of sp³-hybridized carbons (Fsp3) is 0.818. The van der Waals surface area contributed by atoms with Crippen LogP contribution in [0.25, 0.3) is 0 Å². The average molecular weight is 182 g/mol. The molecule has 1 atom stereocenters. The first-order valence-electron chi connectivity index (χ1n) is 5.03. The van der Waals surface area contributed by atoms with Gasteiger partial charge in [-0.25, -0.2) is 0 Å². The van der Waals surface area contributed by atoms with Gasteiger partial charge >= 0.3 is 0 Å². The van der Waals surface area contributed by atoms with Crippen LogP contribution in [-0.4, -0.2) is 38.1 Å². The van der Waals surface area contributed by atoms with E-state index in [0.717, 1.165) is 26.2 Å². The van der Waals surface area contributed by atoms with E-state index in [2.05, 4.69) is 37.0 Å². The molecule has 0 saturated heterocycles. The van der Waals surface area contributed by atoms with Crippen LogP contribution in [0.1, 0.15) is 20.3 Å². The van der Waals surface area contributed by atoms with Crippen molar-refractivity contribution in [2.45, 2.75) is 20.3 Å². The quantitative estimate of drug-likeness (QED) is 0.470. The van der Waals surface area contributed by atoms with Crippen LogP contribution in [0.2, 0.25) is 0 Å². The molecule has 13 heavy (non-hydrogen) atoms. The normalized spacial score (nSPS) is 12.8. The predicted molar refractivity (Wildman–Crippen MR) is 58.7 cm³/mol. The van der Waals surface area contributed by atoms with E-state index in [-0.39, 0.29) is 0 Å². The molecule has 0 radical (unpaired) electrons. The molecule has 0 saturated carbocycles. The third-order valence-electron chi connectivity index (χ3n) is 1.90. The number of rotatable bonds is 7. The molecule has 0 aromatic heterocycles. The molecule has 0 heterocycles. The summed E-state index contributed by atoms with van der Waals surface area (Å²) in [6, 6.07) is 0. The first-order valence-corrected chi connectivity index (χ1v) is 5.03. The van der Waals surface area contributed by atoms with Gasteiger partial charge in [-0.05, 0) is 32.5 Å². The Morgan fingerprint density at radius 3 is 2.77 bits per heavy atom. The van der Waals surface area contributed by atoms with Gasteiger partial charge < -0.3 is 5.32 Å². The lowest BCUT2D eigenvalue weighted by Gasteiger charge is -2.19. The molecule has 0 aliphatic carbocycles. The minimum Gasteiger partial charge on any atom is -0.316 e. The first-order chi connectivity index (χ1) is 6.20. The monoisotopic (exact) mass is 182 g/mol. The number of nitrogens with one attached hydrogen (secondary N) is 1. The van der Waals surface area contributed by atoms with Crippen LogP contribution >= 0.6 is 0 Å². The lowest BCUT2D eigenvalue weighted by molar-refractivity contribution is 0.309. The van der Waals surface area contributed by atoms with Gasteiger partial charge in [-0.1, -0.05) is 19.8 Å². The van der Waals surface area contributed by atoms with E-state index in [4.69, 9.17) is 6.42 Å². The molecule has 0 aromatic rings. The molecule has 0 bridgehead atoms. The summed E-state index contributed by atoms with van der Waals surface area (Å²) in [6.45, 7) is 8.45. The van der Waals surface area contributed by atoms with E-state index in [0.29, 0.717) is 5.92 Å². The molecule has 0 fully saturated rings. The van der Waals surface area contributed by atoms with Crippen molar-refractivity contribution in [3.8, 4) is 12.3 Å². The van der Waals surface area contributed by atoms with Gasteiger partial charge in [0.25, 0.3) is 0 Å². The second kappa shape index (κ2) is 8.10. The molecule has 0 spiro atoms. The van der Waals surface area contributed by atoms with Gasteiger partial charge in [-0.15, -0.1) is 6.42 Å². The molecule has 2 nitrogen and oxygen atoms in total. The fourth-order valence-corrected chi connectivity index (χ4v) is 1.34. The Bertz CT molecular complexity index is 149. The Morgan fingerprint density at radius 1 is 1.54 bits per heavy atom. The molecule has 2 heteroatoms. The van der Waals surface area contributed by atoms with Crippen molar-refractivity contribution < 1.29 is 0 Å². The summed E-state index contributed by atoms with van der Waals surface area (Å²) < 4.78 is 0. The predicted octanol–water partition coefficient (Wildman–Crippen LogP) is 1.19. The number of hydrogen-bond acceptors (Lipinski definition) is 2. The Morgan fingerprint density at radius 2 is 2.23 bits per heavy atom. The fourth-order valence-electron chi connectivity index (χ4n) is 1.34. The van der Waals surface area contributed by atoms with Gasteiger partial charge in [0, 0.05) is 6.54 Å².